The summed E-state index contributed by atoms with van der Waals surface area (Å²) in [4.78, 5) is 0. The second kappa shape index (κ2) is 6.09. The summed E-state index contributed by atoms with van der Waals surface area (Å²) in [6, 6.07) is 21.4. The highest BCUT2D eigenvalue weighted by Crippen LogP contribution is 2.25. The molecule has 0 fully saturated rings. The van der Waals surface area contributed by atoms with Crippen molar-refractivity contribution >= 4 is 21.6 Å². The minimum atomic E-state index is 0.990. The second-order valence-corrected chi connectivity index (χ2v) is 6.64. The van der Waals surface area contributed by atoms with Crippen LogP contribution in [0, 0.1) is 0 Å². The molecular weight excluding hydrogens is 348 g/mol. The van der Waals surface area contributed by atoms with Gasteiger partial charge in [-0.3, -0.25) is 0 Å². The molecule has 2 aromatic carbocycles. The van der Waals surface area contributed by atoms with E-state index >= 15 is 0 Å². The molecule has 114 valence electrons. The zero-order chi connectivity index (χ0) is 15.6. The fraction of sp³-hybridized carbons (Fsp3) is 0.100. The SMILES string of the molecule is Brc1ccc(-c2cc3n(CCc4ccccc4)ccn3c2)cc1. The summed E-state index contributed by atoms with van der Waals surface area (Å²) in [6.07, 6.45) is 7.52. The lowest BCUT2D eigenvalue weighted by Gasteiger charge is -2.04. The normalized spacial score (nSPS) is 11.2. The van der Waals surface area contributed by atoms with Gasteiger partial charge in [0.2, 0.25) is 0 Å². The van der Waals surface area contributed by atoms with Crippen molar-refractivity contribution in [3.8, 4) is 11.1 Å². The van der Waals surface area contributed by atoms with Crippen LogP contribution in [0.25, 0.3) is 16.8 Å². The van der Waals surface area contributed by atoms with Crippen LogP contribution in [0.5, 0.6) is 0 Å². The third kappa shape index (κ3) is 2.97. The zero-order valence-corrected chi connectivity index (χ0v) is 14.3. The number of rotatable bonds is 4. The molecule has 3 heteroatoms. The van der Waals surface area contributed by atoms with Gasteiger partial charge in [-0.05, 0) is 35.7 Å². The molecule has 4 aromatic rings. The number of benzene rings is 2. The third-order valence-corrected chi connectivity index (χ3v) is 4.72. The Balaban J connectivity index is 1.60. The standard InChI is InChI=1S/C20H17BrN2/c21-19-8-6-17(7-9-19)18-14-20-22(12-13-23(20)15-18)11-10-16-4-2-1-3-5-16/h1-9,12-15H,10-11H2. The highest BCUT2D eigenvalue weighted by atomic mass is 79.9. The van der Waals surface area contributed by atoms with Crippen molar-refractivity contribution in [2.24, 2.45) is 0 Å². The first-order chi connectivity index (χ1) is 11.3. The molecule has 2 nitrogen and oxygen atoms in total. The Labute approximate surface area is 144 Å². The number of aryl methyl sites for hydroxylation is 2. The van der Waals surface area contributed by atoms with Gasteiger partial charge in [-0.15, -0.1) is 0 Å². The van der Waals surface area contributed by atoms with Gasteiger partial charge in [0, 0.05) is 35.2 Å². The van der Waals surface area contributed by atoms with Gasteiger partial charge in [-0.1, -0.05) is 58.4 Å². The van der Waals surface area contributed by atoms with E-state index in [1.54, 1.807) is 0 Å². The van der Waals surface area contributed by atoms with Gasteiger partial charge in [0.25, 0.3) is 0 Å². The van der Waals surface area contributed by atoms with Crippen molar-refractivity contribution in [2.75, 3.05) is 0 Å². The van der Waals surface area contributed by atoms with Crippen LogP contribution < -0.4 is 0 Å². The van der Waals surface area contributed by atoms with Crippen molar-refractivity contribution in [1.29, 1.82) is 0 Å². The maximum atomic E-state index is 3.49. The van der Waals surface area contributed by atoms with Crippen LogP contribution in [0.4, 0.5) is 0 Å². The minimum Gasteiger partial charge on any atom is -0.332 e. The Morgan fingerprint density at radius 2 is 1.61 bits per heavy atom. The molecule has 0 bridgehead atoms. The number of hydrogen-bond acceptors (Lipinski definition) is 0. The molecule has 4 rings (SSSR count). The van der Waals surface area contributed by atoms with Crippen LogP contribution in [0.1, 0.15) is 5.56 Å². The molecular formula is C20H17BrN2. The van der Waals surface area contributed by atoms with Gasteiger partial charge in [-0.2, -0.15) is 0 Å². The van der Waals surface area contributed by atoms with Gasteiger partial charge in [0.15, 0.2) is 0 Å². The lowest BCUT2D eigenvalue weighted by molar-refractivity contribution is 0.719. The molecule has 0 saturated heterocycles. The summed E-state index contributed by atoms with van der Waals surface area (Å²) in [7, 11) is 0. The summed E-state index contributed by atoms with van der Waals surface area (Å²) >= 11 is 3.49. The Morgan fingerprint density at radius 1 is 0.826 bits per heavy atom. The molecule has 0 aliphatic carbocycles. The Kier molecular flexibility index (Phi) is 3.80. The summed E-state index contributed by atoms with van der Waals surface area (Å²) < 4.78 is 5.62. The van der Waals surface area contributed by atoms with E-state index in [2.05, 4.69) is 104 Å². The zero-order valence-electron chi connectivity index (χ0n) is 12.7. The molecule has 0 unspecified atom stereocenters. The number of imidazole rings is 1. The smallest absolute Gasteiger partial charge is 0.117 e. The number of fused-ring (bicyclic) bond motifs is 1. The highest BCUT2D eigenvalue weighted by Gasteiger charge is 2.06. The van der Waals surface area contributed by atoms with Crippen LogP contribution in [-0.2, 0) is 13.0 Å². The van der Waals surface area contributed by atoms with Crippen molar-refractivity contribution < 1.29 is 0 Å². The molecule has 0 radical (unpaired) electrons. The van der Waals surface area contributed by atoms with Gasteiger partial charge >= 0.3 is 0 Å². The molecule has 0 aliphatic heterocycles. The quantitative estimate of drug-likeness (QED) is 0.457. The van der Waals surface area contributed by atoms with Crippen LogP contribution in [0.2, 0.25) is 0 Å². The summed E-state index contributed by atoms with van der Waals surface area (Å²) in [5.41, 5.74) is 5.10. The molecule has 0 spiro atoms. The number of halogens is 1. The lowest BCUT2D eigenvalue weighted by Crippen LogP contribution is -1.99. The molecule has 0 atom stereocenters. The number of aromatic nitrogens is 2. The summed E-state index contributed by atoms with van der Waals surface area (Å²) in [6.45, 7) is 0.990. The minimum absolute atomic E-state index is 0.990. The maximum Gasteiger partial charge on any atom is 0.117 e. The summed E-state index contributed by atoms with van der Waals surface area (Å²) in [5, 5.41) is 0. The number of nitrogens with zero attached hydrogens (tertiary/aromatic N) is 2. The molecule has 2 aromatic heterocycles. The van der Waals surface area contributed by atoms with Crippen LogP contribution in [0.15, 0.2) is 83.7 Å². The highest BCUT2D eigenvalue weighted by molar-refractivity contribution is 9.10. The lowest BCUT2D eigenvalue weighted by atomic mass is 10.1. The predicted octanol–water partition coefficient (Wildman–Crippen LogP) is 5.41. The van der Waals surface area contributed by atoms with Crippen molar-refractivity contribution in [3.63, 3.8) is 0 Å². The predicted molar refractivity (Wildman–Crippen MR) is 98.7 cm³/mol. The first-order valence-electron chi connectivity index (χ1n) is 7.76. The average molecular weight is 365 g/mol. The van der Waals surface area contributed by atoms with Crippen molar-refractivity contribution in [3.05, 3.63) is 89.3 Å². The molecule has 0 saturated carbocycles. The van der Waals surface area contributed by atoms with Gasteiger partial charge in [-0.25, -0.2) is 0 Å². The van der Waals surface area contributed by atoms with E-state index in [1.807, 2.05) is 0 Å². The summed E-state index contributed by atoms with van der Waals surface area (Å²) in [5.74, 6) is 0. The first kappa shape index (κ1) is 14.3. The molecule has 0 N–H and O–H groups in total. The van der Waals surface area contributed by atoms with Crippen molar-refractivity contribution in [2.45, 2.75) is 13.0 Å². The van der Waals surface area contributed by atoms with Crippen molar-refractivity contribution in [1.82, 2.24) is 8.97 Å². The third-order valence-electron chi connectivity index (χ3n) is 4.19. The molecule has 0 amide bonds. The van der Waals surface area contributed by atoms with Gasteiger partial charge < -0.3 is 8.97 Å². The fourth-order valence-electron chi connectivity index (χ4n) is 2.93. The molecule has 0 aliphatic rings. The second-order valence-electron chi connectivity index (χ2n) is 5.73. The van der Waals surface area contributed by atoms with E-state index in [0.717, 1.165) is 17.4 Å². The first-order valence-corrected chi connectivity index (χ1v) is 8.55. The van der Waals surface area contributed by atoms with E-state index in [4.69, 9.17) is 0 Å². The Hall–Kier alpha value is -2.26. The van der Waals surface area contributed by atoms with E-state index in [1.165, 1.54) is 22.3 Å². The largest absolute Gasteiger partial charge is 0.332 e. The van der Waals surface area contributed by atoms with Crippen LogP contribution in [0.3, 0.4) is 0 Å². The molecule has 2 heterocycles. The Morgan fingerprint density at radius 3 is 2.39 bits per heavy atom. The Bertz CT molecular complexity index is 917. The van der Waals surface area contributed by atoms with Crippen LogP contribution >= 0.6 is 15.9 Å². The van der Waals surface area contributed by atoms with E-state index in [-0.39, 0.29) is 0 Å². The maximum absolute atomic E-state index is 3.49. The van der Waals surface area contributed by atoms with Gasteiger partial charge in [0.05, 0.1) is 0 Å². The average Bonchev–Trinajstić information content (AvgIpc) is 3.15. The van der Waals surface area contributed by atoms with E-state index < -0.39 is 0 Å². The number of hydrogen-bond donors (Lipinski definition) is 0. The molecule has 23 heavy (non-hydrogen) atoms. The fourth-order valence-corrected chi connectivity index (χ4v) is 3.19. The van der Waals surface area contributed by atoms with Crippen LogP contribution in [-0.4, -0.2) is 8.97 Å². The van der Waals surface area contributed by atoms with E-state index in [9.17, 15) is 0 Å². The topological polar surface area (TPSA) is 9.34 Å². The van der Waals surface area contributed by atoms with Gasteiger partial charge in [0.1, 0.15) is 5.65 Å². The van der Waals surface area contributed by atoms with E-state index in [0.29, 0.717) is 0 Å². The monoisotopic (exact) mass is 364 g/mol.